The quantitative estimate of drug-likeness (QED) is 0.775. The zero-order valence-electron chi connectivity index (χ0n) is 11.3. The highest BCUT2D eigenvalue weighted by Gasteiger charge is 2.23. The minimum absolute atomic E-state index is 0.283. The van der Waals surface area contributed by atoms with E-state index < -0.39 is 0 Å². The largest absolute Gasteiger partial charge is 0.490 e. The first-order valence-electron chi connectivity index (χ1n) is 6.65. The van der Waals surface area contributed by atoms with Crippen molar-refractivity contribution in [3.8, 4) is 16.9 Å². The Labute approximate surface area is 114 Å². The average Bonchev–Trinajstić information content (AvgIpc) is 3.20. The van der Waals surface area contributed by atoms with E-state index in [1.165, 1.54) is 22.3 Å². The van der Waals surface area contributed by atoms with Gasteiger partial charge in [-0.3, -0.25) is 0 Å². The zero-order chi connectivity index (χ0) is 13.2. The van der Waals surface area contributed by atoms with Gasteiger partial charge in [0.25, 0.3) is 0 Å². The van der Waals surface area contributed by atoms with Crippen LogP contribution in [0.5, 0.6) is 5.75 Å². The van der Waals surface area contributed by atoms with Crippen LogP contribution in [0.3, 0.4) is 0 Å². The summed E-state index contributed by atoms with van der Waals surface area (Å²) in [6, 6.07) is 14.7. The van der Waals surface area contributed by atoms with Crippen molar-refractivity contribution in [2.75, 3.05) is 13.2 Å². The van der Waals surface area contributed by atoms with Gasteiger partial charge in [-0.25, -0.2) is 0 Å². The molecule has 2 aromatic carbocycles. The van der Waals surface area contributed by atoms with Crippen LogP contribution in [0, 0.1) is 13.8 Å². The Bertz CT molecular complexity index is 586. The summed E-state index contributed by atoms with van der Waals surface area (Å²) in [5.74, 6) is 0.945. The van der Waals surface area contributed by atoms with Gasteiger partial charge in [0.2, 0.25) is 0 Å². The molecule has 1 aliphatic rings. The number of aryl methyl sites for hydroxylation is 2. The fourth-order valence-corrected chi connectivity index (χ4v) is 2.28. The predicted octanol–water partition coefficient (Wildman–Crippen LogP) is 3.75. The highest BCUT2D eigenvalue weighted by Crippen LogP contribution is 2.34. The first-order chi connectivity index (χ1) is 9.24. The van der Waals surface area contributed by atoms with Gasteiger partial charge in [-0.2, -0.15) is 0 Å². The number of hydrogen-bond acceptors (Lipinski definition) is 2. The molecule has 1 unspecified atom stereocenters. The molecule has 1 saturated heterocycles. The van der Waals surface area contributed by atoms with Crippen LogP contribution in [0.2, 0.25) is 0 Å². The van der Waals surface area contributed by atoms with Gasteiger partial charge in [-0.05, 0) is 31.0 Å². The van der Waals surface area contributed by atoms with E-state index >= 15 is 0 Å². The van der Waals surface area contributed by atoms with Crippen LogP contribution in [0.15, 0.2) is 42.5 Å². The van der Waals surface area contributed by atoms with Crippen molar-refractivity contribution in [1.82, 2.24) is 0 Å². The molecule has 0 N–H and O–H groups in total. The molecule has 1 atom stereocenters. The lowest BCUT2D eigenvalue weighted by molar-refractivity contribution is 0.264. The van der Waals surface area contributed by atoms with E-state index in [1.54, 1.807) is 0 Å². The van der Waals surface area contributed by atoms with Crippen LogP contribution in [0.4, 0.5) is 0 Å². The van der Waals surface area contributed by atoms with E-state index in [2.05, 4.69) is 44.2 Å². The van der Waals surface area contributed by atoms with Gasteiger partial charge in [0.05, 0.1) is 6.61 Å². The van der Waals surface area contributed by atoms with Crippen molar-refractivity contribution < 1.29 is 9.47 Å². The summed E-state index contributed by atoms with van der Waals surface area (Å²) in [5, 5.41) is 0. The Morgan fingerprint density at radius 2 is 1.95 bits per heavy atom. The van der Waals surface area contributed by atoms with Crippen LogP contribution in [-0.4, -0.2) is 19.3 Å². The molecule has 0 amide bonds. The summed E-state index contributed by atoms with van der Waals surface area (Å²) in [4.78, 5) is 0. The Hall–Kier alpha value is -1.80. The molecule has 98 valence electrons. The summed E-state index contributed by atoms with van der Waals surface area (Å²) in [6.45, 7) is 5.70. The summed E-state index contributed by atoms with van der Waals surface area (Å²) in [5.41, 5.74) is 4.90. The van der Waals surface area contributed by atoms with Gasteiger partial charge in [-0.15, -0.1) is 0 Å². The molecule has 19 heavy (non-hydrogen) atoms. The SMILES string of the molecule is Cc1cccc(-c2c(C)cccc2OCC2CO2)c1. The van der Waals surface area contributed by atoms with Gasteiger partial charge < -0.3 is 9.47 Å². The number of rotatable bonds is 4. The normalized spacial score (nSPS) is 17.3. The molecule has 0 aromatic heterocycles. The summed E-state index contributed by atoms with van der Waals surface area (Å²) >= 11 is 0. The molecule has 1 fully saturated rings. The van der Waals surface area contributed by atoms with E-state index in [9.17, 15) is 0 Å². The molecule has 0 spiro atoms. The van der Waals surface area contributed by atoms with Crippen LogP contribution >= 0.6 is 0 Å². The van der Waals surface area contributed by atoms with E-state index in [0.29, 0.717) is 6.61 Å². The first-order valence-corrected chi connectivity index (χ1v) is 6.65. The van der Waals surface area contributed by atoms with Gasteiger partial charge in [0.1, 0.15) is 18.5 Å². The minimum atomic E-state index is 0.283. The van der Waals surface area contributed by atoms with Crippen molar-refractivity contribution in [3.63, 3.8) is 0 Å². The highest BCUT2D eigenvalue weighted by atomic mass is 16.6. The lowest BCUT2D eigenvalue weighted by Crippen LogP contribution is -2.05. The lowest BCUT2D eigenvalue weighted by atomic mass is 9.98. The van der Waals surface area contributed by atoms with E-state index in [-0.39, 0.29) is 6.10 Å². The van der Waals surface area contributed by atoms with Crippen molar-refractivity contribution in [2.24, 2.45) is 0 Å². The van der Waals surface area contributed by atoms with Gasteiger partial charge >= 0.3 is 0 Å². The standard InChI is InChI=1S/C17H18O2/c1-12-5-3-7-14(9-12)17-13(2)6-4-8-16(17)19-11-15-10-18-15/h3-9,15H,10-11H2,1-2H3. The second-order valence-corrected chi connectivity index (χ2v) is 5.08. The van der Waals surface area contributed by atoms with Crippen molar-refractivity contribution in [3.05, 3.63) is 53.6 Å². The Morgan fingerprint density at radius 3 is 2.68 bits per heavy atom. The molecular weight excluding hydrogens is 236 g/mol. The summed E-state index contributed by atoms with van der Waals surface area (Å²) in [6.07, 6.45) is 0.283. The molecule has 0 aliphatic carbocycles. The average molecular weight is 254 g/mol. The number of epoxide rings is 1. The van der Waals surface area contributed by atoms with Crippen LogP contribution in [0.25, 0.3) is 11.1 Å². The van der Waals surface area contributed by atoms with Crippen LogP contribution < -0.4 is 4.74 Å². The molecule has 1 heterocycles. The van der Waals surface area contributed by atoms with Gasteiger partial charge in [0.15, 0.2) is 0 Å². The predicted molar refractivity (Wildman–Crippen MR) is 76.6 cm³/mol. The van der Waals surface area contributed by atoms with Gasteiger partial charge in [-0.1, -0.05) is 42.0 Å². The third kappa shape index (κ3) is 2.79. The molecule has 0 radical (unpaired) electrons. The smallest absolute Gasteiger partial charge is 0.127 e. The van der Waals surface area contributed by atoms with Gasteiger partial charge in [0, 0.05) is 5.56 Å². The molecular formula is C17H18O2. The molecule has 0 bridgehead atoms. The Balaban J connectivity index is 1.97. The number of benzene rings is 2. The molecule has 0 saturated carbocycles. The van der Waals surface area contributed by atoms with Crippen molar-refractivity contribution in [2.45, 2.75) is 20.0 Å². The summed E-state index contributed by atoms with van der Waals surface area (Å²) in [7, 11) is 0. The maximum Gasteiger partial charge on any atom is 0.127 e. The van der Waals surface area contributed by atoms with Crippen molar-refractivity contribution in [1.29, 1.82) is 0 Å². The summed E-state index contributed by atoms with van der Waals surface area (Å²) < 4.78 is 11.1. The molecule has 2 nitrogen and oxygen atoms in total. The zero-order valence-corrected chi connectivity index (χ0v) is 11.3. The van der Waals surface area contributed by atoms with E-state index in [1.807, 2.05) is 12.1 Å². The third-order valence-corrected chi connectivity index (χ3v) is 3.37. The second-order valence-electron chi connectivity index (χ2n) is 5.08. The fraction of sp³-hybridized carbons (Fsp3) is 0.294. The first kappa shape index (κ1) is 12.2. The van der Waals surface area contributed by atoms with E-state index in [0.717, 1.165) is 12.4 Å². The Morgan fingerprint density at radius 1 is 1.16 bits per heavy atom. The molecule has 2 heteroatoms. The third-order valence-electron chi connectivity index (χ3n) is 3.37. The number of ether oxygens (including phenoxy) is 2. The van der Waals surface area contributed by atoms with Crippen molar-refractivity contribution >= 4 is 0 Å². The molecule has 3 rings (SSSR count). The lowest BCUT2D eigenvalue weighted by Gasteiger charge is -2.14. The topological polar surface area (TPSA) is 21.8 Å². The van der Waals surface area contributed by atoms with E-state index in [4.69, 9.17) is 9.47 Å². The Kier molecular flexibility index (Phi) is 3.26. The maximum atomic E-state index is 5.91. The number of hydrogen-bond donors (Lipinski definition) is 0. The van der Waals surface area contributed by atoms with Crippen LogP contribution in [0.1, 0.15) is 11.1 Å². The molecule has 2 aromatic rings. The highest BCUT2D eigenvalue weighted by molar-refractivity contribution is 5.74. The fourth-order valence-electron chi connectivity index (χ4n) is 2.28. The monoisotopic (exact) mass is 254 g/mol. The second kappa shape index (κ2) is 5.06. The maximum absolute atomic E-state index is 5.91. The van der Waals surface area contributed by atoms with Crippen LogP contribution in [-0.2, 0) is 4.74 Å². The molecule has 1 aliphatic heterocycles. The minimum Gasteiger partial charge on any atom is -0.490 e.